The smallest absolute Gasteiger partial charge is 0.125 e. The van der Waals surface area contributed by atoms with E-state index in [4.69, 9.17) is 0 Å². The molecule has 0 amide bonds. The molecule has 3 rings (SSSR count). The molecule has 0 bridgehead atoms. The van der Waals surface area contributed by atoms with Crippen molar-refractivity contribution in [1.29, 1.82) is 5.26 Å². The highest BCUT2D eigenvalue weighted by molar-refractivity contribution is 5.76. The topological polar surface area (TPSA) is 27.0 Å². The molecule has 94 valence electrons. The lowest BCUT2D eigenvalue weighted by Gasteiger charge is -2.23. The van der Waals surface area contributed by atoms with E-state index in [1.54, 1.807) is 12.1 Å². The number of nitriles is 1. The highest BCUT2D eigenvalue weighted by atomic mass is 19.1. The van der Waals surface area contributed by atoms with Gasteiger partial charge in [0.2, 0.25) is 0 Å². The number of halogens is 1. The average Bonchev–Trinajstić information content (AvgIpc) is 2.81. The van der Waals surface area contributed by atoms with Crippen LogP contribution in [0.5, 0.6) is 0 Å². The van der Waals surface area contributed by atoms with Crippen molar-refractivity contribution in [2.45, 2.75) is 13.3 Å². The maximum Gasteiger partial charge on any atom is 0.125 e. The highest BCUT2D eigenvalue weighted by Gasteiger charge is 2.24. The zero-order valence-electron chi connectivity index (χ0n) is 10.7. The molecule has 1 heterocycles. The van der Waals surface area contributed by atoms with Gasteiger partial charge in [0.15, 0.2) is 0 Å². The molecule has 19 heavy (non-hydrogen) atoms. The Hall–Kier alpha value is -2.34. The molecule has 0 aromatic heterocycles. The molecule has 2 nitrogen and oxygen atoms in total. The van der Waals surface area contributed by atoms with Crippen LogP contribution < -0.4 is 4.90 Å². The molecule has 0 aliphatic carbocycles. The van der Waals surface area contributed by atoms with Crippen LogP contribution in [0, 0.1) is 24.1 Å². The number of rotatable bonds is 1. The van der Waals surface area contributed by atoms with Gasteiger partial charge in [0, 0.05) is 12.2 Å². The van der Waals surface area contributed by atoms with Gasteiger partial charge in [-0.05, 0) is 42.7 Å². The Morgan fingerprint density at radius 1 is 1.26 bits per heavy atom. The molecule has 0 radical (unpaired) electrons. The summed E-state index contributed by atoms with van der Waals surface area (Å²) in [7, 11) is 0. The predicted molar refractivity (Wildman–Crippen MR) is 73.0 cm³/mol. The Labute approximate surface area is 111 Å². The maximum absolute atomic E-state index is 13.4. The Morgan fingerprint density at radius 2 is 2.11 bits per heavy atom. The van der Waals surface area contributed by atoms with Gasteiger partial charge < -0.3 is 4.90 Å². The predicted octanol–water partition coefficient (Wildman–Crippen LogP) is 3.70. The second kappa shape index (κ2) is 4.40. The van der Waals surface area contributed by atoms with Crippen molar-refractivity contribution in [3.63, 3.8) is 0 Å². The summed E-state index contributed by atoms with van der Waals surface area (Å²) in [6, 6.07) is 12.8. The minimum absolute atomic E-state index is 0.238. The third kappa shape index (κ3) is 1.86. The molecule has 0 saturated carbocycles. The van der Waals surface area contributed by atoms with Crippen molar-refractivity contribution in [1.82, 2.24) is 0 Å². The average molecular weight is 252 g/mol. The molecule has 3 heteroatoms. The van der Waals surface area contributed by atoms with Gasteiger partial charge in [-0.25, -0.2) is 4.39 Å². The second-order valence-corrected chi connectivity index (χ2v) is 4.76. The SMILES string of the molecule is Cc1cccc(C#N)c1N1CCc2ccc(F)cc21. The van der Waals surface area contributed by atoms with Crippen molar-refractivity contribution in [3.8, 4) is 6.07 Å². The van der Waals surface area contributed by atoms with Crippen LogP contribution in [0.1, 0.15) is 16.7 Å². The summed E-state index contributed by atoms with van der Waals surface area (Å²) in [4.78, 5) is 2.05. The van der Waals surface area contributed by atoms with Gasteiger partial charge in [-0.15, -0.1) is 0 Å². The minimum atomic E-state index is -0.238. The molecular weight excluding hydrogens is 239 g/mol. The van der Waals surface area contributed by atoms with Crippen LogP contribution in [0.25, 0.3) is 0 Å². The van der Waals surface area contributed by atoms with E-state index >= 15 is 0 Å². The summed E-state index contributed by atoms with van der Waals surface area (Å²) in [5, 5.41) is 9.26. The number of para-hydroxylation sites is 1. The van der Waals surface area contributed by atoms with Gasteiger partial charge in [-0.3, -0.25) is 0 Å². The molecule has 0 N–H and O–H groups in total. The van der Waals surface area contributed by atoms with Gasteiger partial charge >= 0.3 is 0 Å². The largest absolute Gasteiger partial charge is 0.340 e. The number of benzene rings is 2. The van der Waals surface area contributed by atoms with E-state index in [9.17, 15) is 9.65 Å². The van der Waals surface area contributed by atoms with E-state index in [0.717, 1.165) is 35.5 Å². The molecule has 0 atom stereocenters. The lowest BCUT2D eigenvalue weighted by Crippen LogP contribution is -2.16. The first-order valence-electron chi connectivity index (χ1n) is 6.26. The van der Waals surface area contributed by atoms with Crippen LogP contribution in [-0.2, 0) is 6.42 Å². The summed E-state index contributed by atoms with van der Waals surface area (Å²) in [5.74, 6) is -0.238. The highest BCUT2D eigenvalue weighted by Crippen LogP contribution is 2.38. The molecule has 0 unspecified atom stereocenters. The number of nitrogens with zero attached hydrogens (tertiary/aromatic N) is 2. The standard InChI is InChI=1S/C16H13FN2/c1-11-3-2-4-13(10-18)16(11)19-8-7-12-5-6-14(17)9-15(12)19/h2-6,9H,7-8H2,1H3. The van der Waals surface area contributed by atoms with Crippen LogP contribution in [0.2, 0.25) is 0 Å². The molecule has 0 fully saturated rings. The number of anilines is 2. The third-order valence-electron chi connectivity index (χ3n) is 3.57. The van der Waals surface area contributed by atoms with Crippen LogP contribution in [0.3, 0.4) is 0 Å². The van der Waals surface area contributed by atoms with Crippen molar-refractivity contribution in [2.75, 3.05) is 11.4 Å². The third-order valence-corrected chi connectivity index (χ3v) is 3.57. The van der Waals surface area contributed by atoms with Crippen LogP contribution in [0.15, 0.2) is 36.4 Å². The molecule has 2 aromatic rings. The van der Waals surface area contributed by atoms with Crippen molar-refractivity contribution in [3.05, 3.63) is 58.9 Å². The van der Waals surface area contributed by atoms with E-state index < -0.39 is 0 Å². The Kier molecular flexibility index (Phi) is 2.72. The van der Waals surface area contributed by atoms with Crippen molar-refractivity contribution in [2.24, 2.45) is 0 Å². The fourth-order valence-corrected chi connectivity index (χ4v) is 2.69. The van der Waals surface area contributed by atoms with E-state index in [0.29, 0.717) is 5.56 Å². The zero-order valence-corrected chi connectivity index (χ0v) is 10.7. The summed E-state index contributed by atoms with van der Waals surface area (Å²) < 4.78 is 13.4. The summed E-state index contributed by atoms with van der Waals surface area (Å²) in [6.45, 7) is 2.77. The number of fused-ring (bicyclic) bond motifs is 1. The number of hydrogen-bond acceptors (Lipinski definition) is 2. The zero-order chi connectivity index (χ0) is 13.4. The maximum atomic E-state index is 13.4. The Morgan fingerprint density at radius 3 is 2.89 bits per heavy atom. The summed E-state index contributed by atoms with van der Waals surface area (Å²) in [5.41, 5.74) is 4.59. The van der Waals surface area contributed by atoms with Gasteiger partial charge in [0.05, 0.1) is 11.3 Å². The van der Waals surface area contributed by atoms with Crippen LogP contribution >= 0.6 is 0 Å². The molecule has 1 aliphatic heterocycles. The molecule has 0 spiro atoms. The van der Waals surface area contributed by atoms with Crippen LogP contribution in [0.4, 0.5) is 15.8 Å². The normalized spacial score (nSPS) is 13.2. The molecule has 2 aromatic carbocycles. The van der Waals surface area contributed by atoms with E-state index in [-0.39, 0.29) is 5.82 Å². The lowest BCUT2D eigenvalue weighted by atomic mass is 10.1. The van der Waals surface area contributed by atoms with E-state index in [1.807, 2.05) is 30.0 Å². The fraction of sp³-hybridized carbons (Fsp3) is 0.188. The summed E-state index contributed by atoms with van der Waals surface area (Å²) in [6.07, 6.45) is 0.884. The van der Waals surface area contributed by atoms with Gasteiger partial charge in [0.1, 0.15) is 11.9 Å². The van der Waals surface area contributed by atoms with E-state index in [1.165, 1.54) is 6.07 Å². The van der Waals surface area contributed by atoms with Crippen molar-refractivity contribution < 1.29 is 4.39 Å². The van der Waals surface area contributed by atoms with Gasteiger partial charge in [0.25, 0.3) is 0 Å². The minimum Gasteiger partial charge on any atom is -0.340 e. The first-order valence-corrected chi connectivity index (χ1v) is 6.26. The van der Waals surface area contributed by atoms with E-state index in [2.05, 4.69) is 6.07 Å². The fourth-order valence-electron chi connectivity index (χ4n) is 2.69. The van der Waals surface area contributed by atoms with Gasteiger partial charge in [-0.1, -0.05) is 18.2 Å². The molecule has 0 saturated heterocycles. The second-order valence-electron chi connectivity index (χ2n) is 4.76. The van der Waals surface area contributed by atoms with Gasteiger partial charge in [-0.2, -0.15) is 5.26 Å². The van der Waals surface area contributed by atoms with Crippen molar-refractivity contribution >= 4 is 11.4 Å². The molecule has 1 aliphatic rings. The first kappa shape index (κ1) is 11.7. The summed E-state index contributed by atoms with van der Waals surface area (Å²) >= 11 is 0. The number of aryl methyl sites for hydroxylation is 1. The number of hydrogen-bond donors (Lipinski definition) is 0. The molecular formula is C16H13FN2. The monoisotopic (exact) mass is 252 g/mol. The Bertz CT molecular complexity index is 686. The Balaban J connectivity index is 2.17. The first-order chi connectivity index (χ1) is 9.20. The van der Waals surface area contributed by atoms with Crippen LogP contribution in [-0.4, -0.2) is 6.54 Å². The lowest BCUT2D eigenvalue weighted by molar-refractivity contribution is 0.628. The quantitative estimate of drug-likeness (QED) is 0.773.